The van der Waals surface area contributed by atoms with Crippen LogP contribution in [0.15, 0.2) is 35.5 Å². The highest BCUT2D eigenvalue weighted by molar-refractivity contribution is 7.91. The Kier molecular flexibility index (Phi) is 4.04. The molecule has 3 aromatic rings. The molecule has 0 unspecified atom stereocenters. The van der Waals surface area contributed by atoms with Gasteiger partial charge in [0, 0.05) is 50.6 Å². The lowest BCUT2D eigenvalue weighted by Crippen LogP contribution is -2.48. The van der Waals surface area contributed by atoms with E-state index in [0.29, 0.717) is 16.3 Å². The molecule has 1 saturated heterocycles. The molecule has 3 heterocycles. The number of hydrogen-bond acceptors (Lipinski definition) is 6. The second-order valence-corrected chi connectivity index (χ2v) is 9.49. The van der Waals surface area contributed by atoms with Crippen LogP contribution in [0.25, 0.3) is 10.2 Å². The fourth-order valence-electron chi connectivity index (χ4n) is 3.29. The number of thiazole rings is 1. The molecule has 0 spiro atoms. The fraction of sp³-hybridized carbons (Fsp3) is 0.412. The number of aryl methyl sites for hydroxylation is 1. The maximum Gasteiger partial charge on any atom is 0.186 e. The van der Waals surface area contributed by atoms with E-state index in [2.05, 4.69) is 26.4 Å². The highest BCUT2D eigenvalue weighted by Crippen LogP contribution is 2.35. The van der Waals surface area contributed by atoms with E-state index in [1.807, 2.05) is 18.5 Å². The van der Waals surface area contributed by atoms with E-state index in [1.54, 1.807) is 23.5 Å². The maximum absolute atomic E-state index is 11.9. The zero-order valence-electron chi connectivity index (χ0n) is 14.2. The number of fused-ring (bicyclic) bond motifs is 1. The topological polar surface area (TPSA) is 68.1 Å². The van der Waals surface area contributed by atoms with Crippen LogP contribution in [0.1, 0.15) is 12.7 Å². The summed E-state index contributed by atoms with van der Waals surface area (Å²) in [6, 6.07) is 5.35. The molecular formula is C17H20N4O2S2. The highest BCUT2D eigenvalue weighted by atomic mass is 32.2. The molecule has 1 aliphatic rings. The monoisotopic (exact) mass is 376 g/mol. The Morgan fingerprint density at radius 2 is 2.12 bits per heavy atom. The van der Waals surface area contributed by atoms with Crippen LogP contribution >= 0.6 is 11.3 Å². The van der Waals surface area contributed by atoms with Crippen molar-refractivity contribution in [1.29, 1.82) is 0 Å². The predicted octanol–water partition coefficient (Wildman–Crippen LogP) is 2.60. The summed E-state index contributed by atoms with van der Waals surface area (Å²) in [6.45, 7) is 4.97. The minimum atomic E-state index is -3.27. The van der Waals surface area contributed by atoms with Crippen molar-refractivity contribution in [3.05, 3.63) is 36.4 Å². The first-order chi connectivity index (χ1) is 12.0. The number of benzene rings is 1. The van der Waals surface area contributed by atoms with Gasteiger partial charge in [-0.2, -0.15) is 0 Å². The van der Waals surface area contributed by atoms with Gasteiger partial charge in [-0.3, -0.25) is 0 Å². The van der Waals surface area contributed by atoms with Crippen LogP contribution < -0.4 is 4.90 Å². The average molecular weight is 377 g/mol. The van der Waals surface area contributed by atoms with Crippen LogP contribution in [0.5, 0.6) is 0 Å². The number of nitrogens with zero attached hydrogens (tertiary/aromatic N) is 4. The number of rotatable bonds is 5. The van der Waals surface area contributed by atoms with Gasteiger partial charge in [-0.05, 0) is 12.1 Å². The molecule has 0 aliphatic carbocycles. The minimum Gasteiger partial charge on any atom is -0.347 e. The third-order valence-electron chi connectivity index (χ3n) is 4.57. The third-order valence-corrected chi connectivity index (χ3v) is 6.78. The summed E-state index contributed by atoms with van der Waals surface area (Å²) in [5.74, 6) is 1.69. The molecule has 2 aromatic heterocycles. The van der Waals surface area contributed by atoms with Crippen LogP contribution in [0.4, 0.5) is 5.13 Å². The third kappa shape index (κ3) is 3.04. The van der Waals surface area contributed by atoms with Crippen LogP contribution in [-0.4, -0.2) is 42.3 Å². The van der Waals surface area contributed by atoms with Crippen molar-refractivity contribution in [2.75, 3.05) is 24.2 Å². The molecule has 0 radical (unpaired) electrons. The molecule has 0 atom stereocenters. The van der Waals surface area contributed by atoms with Crippen molar-refractivity contribution in [2.24, 2.45) is 5.92 Å². The zero-order valence-corrected chi connectivity index (χ0v) is 15.8. The molecule has 4 rings (SSSR count). The summed E-state index contributed by atoms with van der Waals surface area (Å²) in [6.07, 6.45) is 6.07. The predicted molar refractivity (Wildman–Crippen MR) is 100 cm³/mol. The molecule has 25 heavy (non-hydrogen) atoms. The molecule has 132 valence electrons. The van der Waals surface area contributed by atoms with Crippen molar-refractivity contribution < 1.29 is 8.42 Å². The highest BCUT2D eigenvalue weighted by Gasteiger charge is 2.30. The molecule has 0 N–H and O–H groups in total. The van der Waals surface area contributed by atoms with Gasteiger partial charge in [0.15, 0.2) is 15.0 Å². The summed E-state index contributed by atoms with van der Waals surface area (Å²) in [4.78, 5) is 11.5. The van der Waals surface area contributed by atoms with E-state index in [0.717, 1.165) is 41.7 Å². The second-order valence-electron chi connectivity index (χ2n) is 6.49. The van der Waals surface area contributed by atoms with Gasteiger partial charge in [-0.25, -0.2) is 18.4 Å². The minimum absolute atomic E-state index is 0.315. The Morgan fingerprint density at radius 3 is 2.84 bits per heavy atom. The normalized spacial score (nSPS) is 15.7. The van der Waals surface area contributed by atoms with Gasteiger partial charge in [0.1, 0.15) is 11.3 Å². The van der Waals surface area contributed by atoms with Crippen molar-refractivity contribution >= 4 is 36.5 Å². The number of anilines is 1. The summed E-state index contributed by atoms with van der Waals surface area (Å²) in [5.41, 5.74) is 0.594. The van der Waals surface area contributed by atoms with Crippen LogP contribution in [-0.2, 0) is 22.8 Å². The van der Waals surface area contributed by atoms with Gasteiger partial charge in [-0.1, -0.05) is 24.3 Å². The van der Waals surface area contributed by atoms with E-state index in [-0.39, 0.29) is 0 Å². The van der Waals surface area contributed by atoms with Gasteiger partial charge in [0.05, 0.1) is 9.60 Å². The Labute approximate surface area is 151 Å². The lowest BCUT2D eigenvalue weighted by molar-refractivity contribution is 0.353. The Balaban J connectivity index is 1.51. The Bertz CT molecular complexity index is 1020. The lowest BCUT2D eigenvalue weighted by atomic mass is 10.0. The number of hydrogen-bond donors (Lipinski definition) is 0. The Morgan fingerprint density at radius 1 is 1.32 bits per heavy atom. The molecule has 1 aliphatic heterocycles. The molecule has 6 nitrogen and oxygen atoms in total. The van der Waals surface area contributed by atoms with Crippen molar-refractivity contribution in [3.8, 4) is 0 Å². The number of para-hydroxylation sites is 1. The molecule has 0 saturated carbocycles. The maximum atomic E-state index is 11.9. The van der Waals surface area contributed by atoms with E-state index < -0.39 is 9.84 Å². The number of aromatic nitrogens is 3. The quantitative estimate of drug-likeness (QED) is 0.685. The van der Waals surface area contributed by atoms with Gasteiger partial charge >= 0.3 is 0 Å². The second kappa shape index (κ2) is 6.10. The number of imidazole rings is 1. The van der Waals surface area contributed by atoms with Crippen molar-refractivity contribution in [1.82, 2.24) is 14.5 Å². The molecule has 0 bridgehead atoms. The van der Waals surface area contributed by atoms with Crippen LogP contribution in [0.3, 0.4) is 0 Å². The summed E-state index contributed by atoms with van der Waals surface area (Å²) in [7, 11) is -3.27. The van der Waals surface area contributed by atoms with Crippen LogP contribution in [0.2, 0.25) is 0 Å². The van der Waals surface area contributed by atoms with Gasteiger partial charge in [0.25, 0.3) is 0 Å². The Hall–Kier alpha value is -1.93. The van der Waals surface area contributed by atoms with Crippen LogP contribution in [0, 0.1) is 5.92 Å². The van der Waals surface area contributed by atoms with Gasteiger partial charge in [0.2, 0.25) is 0 Å². The van der Waals surface area contributed by atoms with Crippen molar-refractivity contribution in [3.63, 3.8) is 0 Å². The molecule has 1 fully saturated rings. The van der Waals surface area contributed by atoms with E-state index in [1.165, 1.54) is 6.26 Å². The smallest absolute Gasteiger partial charge is 0.186 e. The first-order valence-corrected chi connectivity index (χ1v) is 11.0. The standard InChI is InChI=1S/C17H20N4O2S2/c1-3-15-18-7-8-20(15)9-12-10-21(11-12)17-19-16-13(24-17)5-4-6-14(16)25(2,22)23/h4-8,12H,3,9-11H2,1-2H3. The summed E-state index contributed by atoms with van der Waals surface area (Å²) in [5, 5.41) is 0.906. The van der Waals surface area contributed by atoms with Gasteiger partial charge in [-0.15, -0.1) is 0 Å². The number of sulfone groups is 1. The van der Waals surface area contributed by atoms with E-state index in [4.69, 9.17) is 0 Å². The summed E-state index contributed by atoms with van der Waals surface area (Å²) >= 11 is 1.56. The lowest BCUT2D eigenvalue weighted by Gasteiger charge is -2.39. The van der Waals surface area contributed by atoms with E-state index >= 15 is 0 Å². The summed E-state index contributed by atoms with van der Waals surface area (Å²) < 4.78 is 27.0. The average Bonchev–Trinajstić information content (AvgIpc) is 3.14. The van der Waals surface area contributed by atoms with E-state index in [9.17, 15) is 8.42 Å². The first kappa shape index (κ1) is 16.5. The fourth-order valence-corrected chi connectivity index (χ4v) is 5.19. The molecule has 8 heteroatoms. The molecule has 1 aromatic carbocycles. The zero-order chi connectivity index (χ0) is 17.6. The SMILES string of the molecule is CCc1nccn1CC1CN(c2nc3c(S(C)(=O)=O)cccc3s2)C1. The molecular weight excluding hydrogens is 356 g/mol. The van der Waals surface area contributed by atoms with Crippen molar-refractivity contribution in [2.45, 2.75) is 24.8 Å². The van der Waals surface area contributed by atoms with Gasteiger partial charge < -0.3 is 9.47 Å². The first-order valence-electron chi connectivity index (χ1n) is 8.30. The molecule has 0 amide bonds. The largest absolute Gasteiger partial charge is 0.347 e.